The van der Waals surface area contributed by atoms with E-state index < -0.39 is 5.97 Å². The monoisotopic (exact) mass is 290 g/mol. The van der Waals surface area contributed by atoms with E-state index in [-0.39, 0.29) is 23.1 Å². The number of hydrogen-bond acceptors (Lipinski definition) is 5. The Balaban J connectivity index is 2.40. The maximum atomic E-state index is 12.3. The van der Waals surface area contributed by atoms with Crippen molar-refractivity contribution in [2.75, 3.05) is 6.61 Å². The number of hydrogen-bond donors (Lipinski definition) is 0. The zero-order chi connectivity index (χ0) is 14.5. The summed E-state index contributed by atoms with van der Waals surface area (Å²) in [5.74, 6) is 1.90. The van der Waals surface area contributed by atoms with Crippen LogP contribution in [0.4, 0.5) is 0 Å². The number of carbonyl (C=O) groups excluding carboxylic acids is 1. The summed E-state index contributed by atoms with van der Waals surface area (Å²) in [6.07, 6.45) is 8.33. The highest BCUT2D eigenvalue weighted by Crippen LogP contribution is 2.21. The number of carbonyl (C=O) groups is 1. The van der Waals surface area contributed by atoms with E-state index in [9.17, 15) is 9.59 Å². The number of fused-ring (bicyclic) bond motifs is 1. The average molecular weight is 290 g/mol. The molecular weight excluding hydrogens is 276 g/mol. The first-order chi connectivity index (χ1) is 9.69. The molecule has 2 aromatic rings. The third-order valence-electron chi connectivity index (χ3n) is 2.77. The van der Waals surface area contributed by atoms with E-state index in [0.29, 0.717) is 11.4 Å². The van der Waals surface area contributed by atoms with E-state index in [1.165, 1.54) is 22.2 Å². The zero-order valence-corrected chi connectivity index (χ0v) is 11.9. The lowest BCUT2D eigenvalue weighted by atomic mass is 10.2. The predicted octanol–water partition coefficient (Wildman–Crippen LogP) is 2.05. The first-order valence-corrected chi connectivity index (χ1v) is 7.14. The molecule has 0 amide bonds. The molecule has 6 heteroatoms. The molecule has 0 fully saturated rings. The molecule has 0 spiro atoms. The number of terminal acetylenes is 1. The number of unbranched alkanes of at least 4 members (excludes halogenated alkanes) is 1. The molecule has 0 saturated heterocycles. The van der Waals surface area contributed by atoms with Crippen molar-refractivity contribution in [3.8, 4) is 12.3 Å². The second-order valence-electron chi connectivity index (χ2n) is 4.20. The number of nitrogens with zero attached hydrogens (tertiary/aromatic N) is 2. The molecule has 2 aromatic heterocycles. The van der Waals surface area contributed by atoms with Crippen LogP contribution in [0.25, 0.3) is 10.2 Å². The van der Waals surface area contributed by atoms with Gasteiger partial charge in [0.15, 0.2) is 0 Å². The molecule has 5 nitrogen and oxygen atoms in total. The lowest BCUT2D eigenvalue weighted by Gasteiger charge is -2.03. The molecule has 0 N–H and O–H groups in total. The van der Waals surface area contributed by atoms with Gasteiger partial charge >= 0.3 is 5.97 Å². The smallest absolute Gasteiger partial charge is 0.339 e. The van der Waals surface area contributed by atoms with Crippen LogP contribution in [0.1, 0.15) is 30.1 Å². The number of thiophene rings is 1. The second kappa shape index (κ2) is 6.35. The van der Waals surface area contributed by atoms with Gasteiger partial charge in [-0.2, -0.15) is 0 Å². The SMILES string of the molecule is C#CCn1cnc2scc(C(=O)OCCCC)c2c1=O. The molecule has 2 heterocycles. The number of ether oxygens (including phenoxy) is 1. The van der Waals surface area contributed by atoms with Gasteiger partial charge in [-0.05, 0) is 6.42 Å². The summed E-state index contributed by atoms with van der Waals surface area (Å²) in [5.41, 5.74) is -0.0402. The molecule has 0 atom stereocenters. The summed E-state index contributed by atoms with van der Waals surface area (Å²) < 4.78 is 6.44. The molecule has 0 aliphatic heterocycles. The summed E-state index contributed by atoms with van der Waals surface area (Å²) in [6.45, 7) is 2.49. The fourth-order valence-electron chi connectivity index (χ4n) is 1.72. The third kappa shape index (κ3) is 2.73. The van der Waals surface area contributed by atoms with E-state index in [1.807, 2.05) is 6.92 Å². The standard InChI is InChI=1S/C14H14N2O3S/c1-3-5-7-19-14(18)10-8-20-12-11(10)13(17)16(6-4-2)9-15-12/h2,8-9H,3,5-7H2,1H3. The van der Waals surface area contributed by atoms with Gasteiger partial charge in [-0.25, -0.2) is 9.78 Å². The van der Waals surface area contributed by atoms with Crippen LogP contribution in [-0.2, 0) is 11.3 Å². The summed E-state index contributed by atoms with van der Waals surface area (Å²) >= 11 is 1.25. The normalized spacial score (nSPS) is 10.4. The number of rotatable bonds is 5. The van der Waals surface area contributed by atoms with Gasteiger partial charge in [0.2, 0.25) is 0 Å². The number of aromatic nitrogens is 2. The molecule has 0 radical (unpaired) electrons. The second-order valence-corrected chi connectivity index (χ2v) is 5.06. The van der Waals surface area contributed by atoms with Crippen molar-refractivity contribution in [3.63, 3.8) is 0 Å². The molecule has 104 valence electrons. The van der Waals surface area contributed by atoms with Crippen LogP contribution >= 0.6 is 11.3 Å². The summed E-state index contributed by atoms with van der Waals surface area (Å²) in [5, 5.41) is 1.89. The summed E-state index contributed by atoms with van der Waals surface area (Å²) in [7, 11) is 0. The summed E-state index contributed by atoms with van der Waals surface area (Å²) in [4.78, 5) is 28.9. The molecule has 0 unspecified atom stereocenters. The Morgan fingerprint density at radius 1 is 1.60 bits per heavy atom. The maximum absolute atomic E-state index is 12.3. The lowest BCUT2D eigenvalue weighted by Crippen LogP contribution is -2.21. The quantitative estimate of drug-likeness (QED) is 0.480. The topological polar surface area (TPSA) is 61.2 Å². The third-order valence-corrected chi connectivity index (χ3v) is 3.66. The van der Waals surface area contributed by atoms with Crippen molar-refractivity contribution in [2.24, 2.45) is 0 Å². The van der Waals surface area contributed by atoms with Crippen molar-refractivity contribution < 1.29 is 9.53 Å². The fourth-order valence-corrected chi connectivity index (χ4v) is 2.58. The molecule has 0 aromatic carbocycles. The highest BCUT2D eigenvalue weighted by Gasteiger charge is 2.18. The van der Waals surface area contributed by atoms with Gasteiger partial charge in [0.1, 0.15) is 4.83 Å². The van der Waals surface area contributed by atoms with Gasteiger partial charge in [-0.1, -0.05) is 19.3 Å². The van der Waals surface area contributed by atoms with Crippen molar-refractivity contribution in [1.29, 1.82) is 0 Å². The van der Waals surface area contributed by atoms with Crippen LogP contribution in [0.2, 0.25) is 0 Å². The van der Waals surface area contributed by atoms with Crippen molar-refractivity contribution >= 4 is 27.5 Å². The Morgan fingerprint density at radius 2 is 2.40 bits per heavy atom. The van der Waals surface area contributed by atoms with Gasteiger partial charge in [0.25, 0.3) is 5.56 Å². The molecule has 2 rings (SSSR count). The van der Waals surface area contributed by atoms with E-state index >= 15 is 0 Å². The van der Waals surface area contributed by atoms with Gasteiger partial charge < -0.3 is 4.74 Å². The first kappa shape index (κ1) is 14.3. The lowest BCUT2D eigenvalue weighted by molar-refractivity contribution is 0.0502. The van der Waals surface area contributed by atoms with Crippen LogP contribution in [-0.4, -0.2) is 22.1 Å². The Kier molecular flexibility index (Phi) is 4.53. The molecule has 0 saturated carbocycles. The minimum atomic E-state index is -0.484. The van der Waals surface area contributed by atoms with E-state index in [2.05, 4.69) is 10.9 Å². The van der Waals surface area contributed by atoms with E-state index in [0.717, 1.165) is 12.8 Å². The molecular formula is C14H14N2O3S. The van der Waals surface area contributed by atoms with Crippen LogP contribution in [0, 0.1) is 12.3 Å². The van der Waals surface area contributed by atoms with Crippen LogP contribution in [0.3, 0.4) is 0 Å². The Hall–Kier alpha value is -2.13. The fraction of sp³-hybridized carbons (Fsp3) is 0.357. The predicted molar refractivity (Wildman–Crippen MR) is 77.9 cm³/mol. The molecule has 0 bridgehead atoms. The number of esters is 1. The Morgan fingerprint density at radius 3 is 3.10 bits per heavy atom. The van der Waals surface area contributed by atoms with Crippen LogP contribution in [0.15, 0.2) is 16.5 Å². The van der Waals surface area contributed by atoms with Gasteiger partial charge in [0, 0.05) is 5.38 Å². The molecule has 20 heavy (non-hydrogen) atoms. The Labute approximate surface area is 120 Å². The average Bonchev–Trinajstić information content (AvgIpc) is 2.87. The van der Waals surface area contributed by atoms with Crippen molar-refractivity contribution in [3.05, 3.63) is 27.6 Å². The highest BCUT2D eigenvalue weighted by molar-refractivity contribution is 7.17. The largest absolute Gasteiger partial charge is 0.462 e. The first-order valence-electron chi connectivity index (χ1n) is 6.26. The van der Waals surface area contributed by atoms with Gasteiger partial charge in [0.05, 0.1) is 30.4 Å². The highest BCUT2D eigenvalue weighted by atomic mass is 32.1. The zero-order valence-electron chi connectivity index (χ0n) is 11.1. The van der Waals surface area contributed by atoms with Gasteiger partial charge in [-0.15, -0.1) is 17.8 Å². The van der Waals surface area contributed by atoms with Crippen molar-refractivity contribution in [1.82, 2.24) is 9.55 Å². The summed E-state index contributed by atoms with van der Waals surface area (Å²) in [6, 6.07) is 0. The maximum Gasteiger partial charge on any atom is 0.339 e. The molecule has 0 aliphatic carbocycles. The van der Waals surface area contributed by atoms with E-state index in [1.54, 1.807) is 5.38 Å². The van der Waals surface area contributed by atoms with Crippen molar-refractivity contribution in [2.45, 2.75) is 26.3 Å². The van der Waals surface area contributed by atoms with Crippen LogP contribution < -0.4 is 5.56 Å². The minimum absolute atomic E-state index is 0.127. The van der Waals surface area contributed by atoms with Crippen LogP contribution in [0.5, 0.6) is 0 Å². The molecule has 0 aliphatic rings. The minimum Gasteiger partial charge on any atom is -0.462 e. The van der Waals surface area contributed by atoms with E-state index in [4.69, 9.17) is 11.2 Å². The Bertz CT molecular complexity index is 724. The van der Waals surface area contributed by atoms with Gasteiger partial charge in [-0.3, -0.25) is 9.36 Å².